The van der Waals surface area contributed by atoms with Gasteiger partial charge in [-0.1, -0.05) is 0 Å². The van der Waals surface area contributed by atoms with Crippen LogP contribution in [0.1, 0.15) is 13.8 Å². The van der Waals surface area contributed by atoms with Crippen molar-refractivity contribution in [1.82, 2.24) is 0 Å². The molecule has 0 spiro atoms. The third kappa shape index (κ3) is 19.1. The number of esters is 2. The highest BCUT2D eigenvalue weighted by molar-refractivity contribution is 5.67. The van der Waals surface area contributed by atoms with Crippen molar-refractivity contribution in [3.05, 3.63) is 0 Å². The molecule has 21 fully saturated rings. The molecule has 21 rings (SSSR count). The Balaban J connectivity index is 1.26. The van der Waals surface area contributed by atoms with E-state index in [2.05, 4.69) is 0 Å². The van der Waals surface area contributed by atoms with E-state index in [0.29, 0.717) is 0 Å². The van der Waals surface area contributed by atoms with Gasteiger partial charge in [0, 0.05) is 149 Å². The summed E-state index contributed by atoms with van der Waals surface area (Å²) in [4.78, 5) is 27.0. The molecule has 0 aliphatic carbocycles. The zero-order chi connectivity index (χ0) is 74.1. The molecule has 0 aromatic carbocycles. The van der Waals surface area contributed by atoms with Crippen LogP contribution in [0.25, 0.3) is 0 Å². The first-order valence-electron chi connectivity index (χ1n) is 33.7. The number of carbonyl (C=O) groups excluding carboxylic acids is 2. The molecule has 14 bridgehead atoms. The minimum atomic E-state index is -1.61. The van der Waals surface area contributed by atoms with Crippen LogP contribution < -0.4 is 0 Å². The summed E-state index contributed by atoms with van der Waals surface area (Å²) in [5, 5.41) is 0. The molecule has 35 unspecified atom stereocenters. The first-order valence-corrected chi connectivity index (χ1v) is 33.7. The summed E-state index contributed by atoms with van der Waals surface area (Å²) in [6.45, 7) is 1.49. The van der Waals surface area contributed by atoms with Crippen LogP contribution in [0, 0.1) is 0 Å². The van der Waals surface area contributed by atoms with Crippen molar-refractivity contribution in [2.75, 3.05) is 181 Å². The average Bonchev–Trinajstić information content (AvgIpc) is 0.766. The van der Waals surface area contributed by atoms with E-state index in [0.717, 1.165) is 6.92 Å². The van der Waals surface area contributed by atoms with Crippen molar-refractivity contribution in [3.63, 3.8) is 0 Å². The van der Waals surface area contributed by atoms with Crippen LogP contribution in [0.3, 0.4) is 0 Å². The molecule has 594 valence electrons. The van der Waals surface area contributed by atoms with Gasteiger partial charge >= 0.3 is 11.9 Å². The zero-order valence-electron chi connectivity index (χ0n) is 62.3. The van der Waals surface area contributed by atoms with Crippen LogP contribution in [0.4, 0.5) is 0 Å². The number of carbonyl (C=O) groups is 2. The number of methoxy groups -OCH3 is 19. The van der Waals surface area contributed by atoms with Gasteiger partial charge in [0.15, 0.2) is 56.2 Å². The third-order valence-electron chi connectivity index (χ3n) is 19.4. The van der Waals surface area contributed by atoms with E-state index in [4.69, 9.17) is 166 Å². The molecule has 0 amide bonds. The summed E-state index contributed by atoms with van der Waals surface area (Å²) in [7, 11) is 27.8. The van der Waals surface area contributed by atoms with E-state index in [9.17, 15) is 9.59 Å². The summed E-state index contributed by atoms with van der Waals surface area (Å²) < 4.78 is 225. The Hall–Kier alpha value is -2.38. The molecule has 21 aliphatic heterocycles. The molecule has 102 heavy (non-hydrogen) atoms. The fourth-order valence-electron chi connectivity index (χ4n) is 15.0. The molecule has 0 aromatic heterocycles. The van der Waals surface area contributed by atoms with Crippen molar-refractivity contribution in [2.24, 2.45) is 0 Å². The van der Waals surface area contributed by atoms with Gasteiger partial charge in [-0.05, 0) is 0 Å². The second kappa shape index (κ2) is 41.4. The van der Waals surface area contributed by atoms with E-state index in [1.807, 2.05) is 0 Å². The van der Waals surface area contributed by atoms with Crippen LogP contribution in [-0.4, -0.2) is 408 Å². The van der Waals surface area contributed by atoms with Crippen LogP contribution in [0.15, 0.2) is 0 Å². The molecule has 35 atom stereocenters. The van der Waals surface area contributed by atoms with E-state index >= 15 is 0 Å². The largest absolute Gasteiger partial charge is 0.455 e. The summed E-state index contributed by atoms with van der Waals surface area (Å²) in [6.07, 6.45) is -40.7. The quantitative estimate of drug-likeness (QED) is 0.0791. The van der Waals surface area contributed by atoms with Crippen LogP contribution in [0.5, 0.6) is 0 Å². The zero-order valence-corrected chi connectivity index (χ0v) is 62.3. The molecule has 37 heteroatoms. The van der Waals surface area contributed by atoms with Crippen LogP contribution >= 0.6 is 0 Å². The van der Waals surface area contributed by atoms with Crippen molar-refractivity contribution >= 4 is 11.9 Å². The first kappa shape index (κ1) is 85.2. The monoisotopic (exact) mass is 1480 g/mol. The lowest BCUT2D eigenvalue weighted by molar-refractivity contribution is -0.402. The number of rotatable bonds is 28. The Morgan fingerprint density at radius 3 is 0.471 bits per heavy atom. The minimum absolute atomic E-state index is 0.0650. The lowest BCUT2D eigenvalue weighted by Crippen LogP contribution is -2.69. The van der Waals surface area contributed by atoms with Gasteiger partial charge in [0.1, 0.15) is 159 Å². The second-order valence-electron chi connectivity index (χ2n) is 25.2. The van der Waals surface area contributed by atoms with Gasteiger partial charge in [0.25, 0.3) is 0 Å². The standard InChI is InChI=1S/C65H112O37/c1-29(66)87-51-44-37(28-74-9)95-65(58(51)88-30(2)67)101-43-36(27-73-8)93-63(56(85-20)50(43)80-15)99-41-34(25-71-6)91-61(54(83-18)48(41)78-13)97-39-32(23-69-4)89-59(52(81-16)46(39)76-11)96-38-31(22-68-3)90-60(53(82-17)45(38)75-10)98-40-33(24-70-5)92-62(55(84-19)47(40)77-12)100-42-35(26-72-7)94-64(102-44)57(86-21)49(42)79-14/h31-65H,22-28H2,1-21H3. The van der Waals surface area contributed by atoms with Crippen molar-refractivity contribution < 1.29 is 175 Å². The van der Waals surface area contributed by atoms with Gasteiger partial charge in [-0.15, -0.1) is 0 Å². The molecule has 37 nitrogen and oxygen atoms in total. The summed E-state index contributed by atoms with van der Waals surface area (Å²) in [5.41, 5.74) is 0. The Bertz CT molecular complexity index is 2410. The predicted molar refractivity (Wildman–Crippen MR) is 339 cm³/mol. The molecule has 21 saturated heterocycles. The first-order chi connectivity index (χ1) is 49.4. The second-order valence-corrected chi connectivity index (χ2v) is 25.2. The van der Waals surface area contributed by atoms with Gasteiger partial charge in [-0.2, -0.15) is 0 Å². The van der Waals surface area contributed by atoms with Gasteiger partial charge in [-0.25, -0.2) is 0 Å². The Morgan fingerprint density at radius 1 is 0.196 bits per heavy atom. The van der Waals surface area contributed by atoms with Crippen molar-refractivity contribution in [3.8, 4) is 0 Å². The maximum atomic E-state index is 13.5. The van der Waals surface area contributed by atoms with Crippen LogP contribution in [-0.2, 0) is 175 Å². The SMILES string of the molecule is COCC1OC2OC3C(COC)OC(OC4C(COC)OC(OC5C(COC)OC(OC6C(COC)OC(OC7C(COC)OC(OC8C(COC)OC(OC1C(OC)C2OC)C(OC)C8OC)C(OC)C7OC)C(OC(C)=O)C6OC(C)=O)C(OC)C5OC)C(OC)C4OC)C(OC)C3OC. The van der Waals surface area contributed by atoms with Crippen molar-refractivity contribution in [2.45, 2.75) is 229 Å². The fourth-order valence-corrected chi connectivity index (χ4v) is 15.0. The molecule has 21 heterocycles. The summed E-state index contributed by atoms with van der Waals surface area (Å²) in [5.74, 6) is -1.62. The summed E-state index contributed by atoms with van der Waals surface area (Å²) >= 11 is 0. The van der Waals surface area contributed by atoms with E-state index in [1.165, 1.54) is 142 Å². The smallest absolute Gasteiger partial charge is 0.303 e. The molecule has 0 aromatic rings. The van der Waals surface area contributed by atoms with Gasteiger partial charge in [-0.3, -0.25) is 9.59 Å². The number of ether oxygens (including phenoxy) is 35. The van der Waals surface area contributed by atoms with E-state index in [-0.39, 0.29) is 46.2 Å². The minimum Gasteiger partial charge on any atom is -0.455 e. The van der Waals surface area contributed by atoms with Crippen molar-refractivity contribution in [1.29, 1.82) is 0 Å². The molecular formula is C65H112O37. The fraction of sp³-hybridized carbons (Fsp3) is 0.969. The molecule has 0 radical (unpaired) electrons. The normalized spacial score (nSPS) is 44.6. The van der Waals surface area contributed by atoms with E-state index in [1.54, 1.807) is 0 Å². The van der Waals surface area contributed by atoms with Gasteiger partial charge in [0.05, 0.1) is 46.2 Å². The van der Waals surface area contributed by atoms with Gasteiger partial charge in [0.2, 0.25) is 0 Å². The third-order valence-corrected chi connectivity index (χ3v) is 19.4. The number of hydrogen-bond acceptors (Lipinski definition) is 37. The highest BCUT2D eigenvalue weighted by atomic mass is 16.8. The Labute approximate surface area is 595 Å². The Morgan fingerprint density at radius 2 is 0.333 bits per heavy atom. The topological polar surface area (TPSA) is 357 Å². The Kier molecular flexibility index (Phi) is 34.6. The van der Waals surface area contributed by atoms with E-state index < -0.39 is 227 Å². The van der Waals surface area contributed by atoms with Gasteiger partial charge < -0.3 is 166 Å². The molecule has 0 saturated carbocycles. The highest BCUT2D eigenvalue weighted by Gasteiger charge is 2.63. The lowest BCUT2D eigenvalue weighted by atomic mass is 9.94. The lowest BCUT2D eigenvalue weighted by Gasteiger charge is -2.52. The molecular weight excluding hydrogens is 1370 g/mol. The highest BCUT2D eigenvalue weighted by Crippen LogP contribution is 2.43. The van der Waals surface area contributed by atoms with Crippen LogP contribution in [0.2, 0.25) is 0 Å². The molecule has 21 aliphatic rings. The maximum Gasteiger partial charge on any atom is 0.303 e. The number of hydrogen-bond donors (Lipinski definition) is 0. The predicted octanol–water partition coefficient (Wildman–Crippen LogP) is -1.66. The maximum absolute atomic E-state index is 13.5. The average molecular weight is 1490 g/mol. The molecule has 0 N–H and O–H groups in total. The summed E-state index contributed by atoms with van der Waals surface area (Å²) in [6, 6.07) is 0.